The van der Waals surface area contributed by atoms with Gasteiger partial charge < -0.3 is 9.47 Å². The van der Waals surface area contributed by atoms with Crippen molar-refractivity contribution in [3.63, 3.8) is 0 Å². The second-order valence-electron chi connectivity index (χ2n) is 4.59. The summed E-state index contributed by atoms with van der Waals surface area (Å²) in [6.45, 7) is 0. The Morgan fingerprint density at radius 1 is 1.21 bits per heavy atom. The highest BCUT2D eigenvalue weighted by Crippen LogP contribution is 2.29. The molecule has 1 N–H and O–H groups in total. The van der Waals surface area contributed by atoms with Crippen molar-refractivity contribution in [1.82, 2.24) is 5.43 Å². The lowest BCUT2D eigenvalue weighted by molar-refractivity contribution is -0.384. The summed E-state index contributed by atoms with van der Waals surface area (Å²) in [5.41, 5.74) is 2.89. The van der Waals surface area contributed by atoms with Gasteiger partial charge in [-0.15, -0.1) is 0 Å². The van der Waals surface area contributed by atoms with Crippen LogP contribution in [0.15, 0.2) is 47.6 Å². The van der Waals surface area contributed by atoms with Crippen LogP contribution in [0, 0.1) is 10.1 Å². The summed E-state index contributed by atoms with van der Waals surface area (Å²) >= 11 is 0. The third-order valence-corrected chi connectivity index (χ3v) is 3.12. The zero-order valence-corrected chi connectivity index (χ0v) is 13.1. The molecule has 0 saturated heterocycles. The Morgan fingerprint density at radius 3 is 2.62 bits per heavy atom. The molecule has 0 atom stereocenters. The van der Waals surface area contributed by atoms with E-state index in [1.54, 1.807) is 18.2 Å². The van der Waals surface area contributed by atoms with Crippen molar-refractivity contribution in [3.8, 4) is 11.5 Å². The fourth-order valence-electron chi connectivity index (χ4n) is 2.00. The third-order valence-electron chi connectivity index (χ3n) is 3.12. The molecule has 0 saturated carbocycles. The first-order valence-electron chi connectivity index (χ1n) is 6.85. The molecule has 2 rings (SSSR count). The van der Waals surface area contributed by atoms with Gasteiger partial charge in [-0.3, -0.25) is 14.9 Å². The number of nitro groups is 1. The van der Waals surface area contributed by atoms with Crippen LogP contribution in [-0.2, 0) is 0 Å². The number of para-hydroxylation sites is 1. The Labute approximate surface area is 137 Å². The zero-order valence-electron chi connectivity index (χ0n) is 13.1. The molecule has 0 bridgehead atoms. The van der Waals surface area contributed by atoms with Crippen LogP contribution < -0.4 is 14.9 Å². The number of ether oxygens (including phenoxy) is 2. The second kappa shape index (κ2) is 7.73. The predicted molar refractivity (Wildman–Crippen MR) is 87.7 cm³/mol. The number of nitrogens with zero attached hydrogens (tertiary/aromatic N) is 2. The number of carbonyl (C=O) groups excluding carboxylic acids is 1. The van der Waals surface area contributed by atoms with E-state index in [9.17, 15) is 14.9 Å². The number of carbonyl (C=O) groups is 1. The Kier molecular flexibility index (Phi) is 5.45. The molecule has 2 aromatic rings. The number of hydrogen-bond donors (Lipinski definition) is 1. The van der Waals surface area contributed by atoms with E-state index in [2.05, 4.69) is 10.5 Å². The molecule has 0 radical (unpaired) electrons. The third kappa shape index (κ3) is 3.86. The Morgan fingerprint density at radius 2 is 1.96 bits per heavy atom. The average molecular weight is 329 g/mol. The number of non-ortho nitro benzene ring substituents is 1. The first-order chi connectivity index (χ1) is 11.6. The second-order valence-corrected chi connectivity index (χ2v) is 4.59. The quantitative estimate of drug-likeness (QED) is 0.498. The molecule has 0 heterocycles. The molecular formula is C16H15N3O5. The van der Waals surface area contributed by atoms with Crippen LogP contribution in [-0.4, -0.2) is 31.3 Å². The van der Waals surface area contributed by atoms with Gasteiger partial charge >= 0.3 is 0 Å². The van der Waals surface area contributed by atoms with E-state index in [1.165, 1.54) is 44.7 Å². The van der Waals surface area contributed by atoms with Gasteiger partial charge in [0, 0.05) is 23.3 Å². The lowest BCUT2D eigenvalue weighted by atomic mass is 10.2. The van der Waals surface area contributed by atoms with E-state index in [4.69, 9.17) is 9.47 Å². The highest BCUT2D eigenvalue weighted by molar-refractivity contribution is 5.95. The van der Waals surface area contributed by atoms with Gasteiger partial charge in [0.05, 0.1) is 25.4 Å². The molecule has 0 fully saturated rings. The number of hydrazone groups is 1. The maximum atomic E-state index is 12.0. The van der Waals surface area contributed by atoms with Crippen LogP contribution in [0.1, 0.15) is 15.9 Å². The summed E-state index contributed by atoms with van der Waals surface area (Å²) in [6, 6.07) is 10.6. The average Bonchev–Trinajstić information content (AvgIpc) is 2.61. The van der Waals surface area contributed by atoms with Crippen molar-refractivity contribution in [3.05, 3.63) is 63.7 Å². The van der Waals surface area contributed by atoms with E-state index in [1.807, 2.05) is 0 Å². The van der Waals surface area contributed by atoms with E-state index in [0.717, 1.165) is 0 Å². The van der Waals surface area contributed by atoms with Crippen molar-refractivity contribution < 1.29 is 19.2 Å². The highest BCUT2D eigenvalue weighted by Gasteiger charge is 2.11. The van der Waals surface area contributed by atoms with Gasteiger partial charge in [0.1, 0.15) is 0 Å². The van der Waals surface area contributed by atoms with Crippen LogP contribution in [0.2, 0.25) is 0 Å². The molecule has 124 valence electrons. The number of methoxy groups -OCH3 is 2. The van der Waals surface area contributed by atoms with Crippen molar-refractivity contribution in [1.29, 1.82) is 0 Å². The molecule has 0 aliphatic heterocycles. The monoisotopic (exact) mass is 329 g/mol. The van der Waals surface area contributed by atoms with Crippen LogP contribution in [0.3, 0.4) is 0 Å². The molecule has 0 aromatic heterocycles. The number of hydrogen-bond acceptors (Lipinski definition) is 6. The Bertz CT molecular complexity index is 789. The van der Waals surface area contributed by atoms with Crippen LogP contribution in [0.4, 0.5) is 5.69 Å². The van der Waals surface area contributed by atoms with E-state index < -0.39 is 10.8 Å². The molecule has 0 aliphatic carbocycles. The summed E-state index contributed by atoms with van der Waals surface area (Å²) in [5.74, 6) is 0.455. The molecule has 0 spiro atoms. The topological polar surface area (TPSA) is 103 Å². The lowest BCUT2D eigenvalue weighted by Crippen LogP contribution is -2.17. The SMILES string of the molecule is COc1cccc(/C=N/NC(=O)c2cccc([N+](=O)[O-])c2)c1OC. The maximum absolute atomic E-state index is 12.0. The van der Waals surface area contributed by atoms with Gasteiger partial charge in [-0.25, -0.2) is 5.43 Å². The summed E-state index contributed by atoms with van der Waals surface area (Å²) in [5, 5.41) is 14.6. The molecular weight excluding hydrogens is 314 g/mol. The minimum atomic E-state index is -0.568. The Balaban J connectivity index is 2.13. The molecule has 1 amide bonds. The summed E-state index contributed by atoms with van der Waals surface area (Å²) in [6.07, 6.45) is 1.40. The number of rotatable bonds is 6. The van der Waals surface area contributed by atoms with Gasteiger partial charge in [-0.1, -0.05) is 12.1 Å². The Hall–Kier alpha value is -3.42. The van der Waals surface area contributed by atoms with Gasteiger partial charge in [0.25, 0.3) is 11.6 Å². The summed E-state index contributed by atoms with van der Waals surface area (Å²) in [7, 11) is 3.01. The molecule has 8 nitrogen and oxygen atoms in total. The zero-order chi connectivity index (χ0) is 17.5. The minimum absolute atomic E-state index is 0.138. The van der Waals surface area contributed by atoms with Crippen LogP contribution >= 0.6 is 0 Å². The molecule has 0 aliphatic rings. The van der Waals surface area contributed by atoms with E-state index in [-0.39, 0.29) is 11.3 Å². The normalized spacial score (nSPS) is 10.4. The minimum Gasteiger partial charge on any atom is -0.493 e. The van der Waals surface area contributed by atoms with Crippen molar-refractivity contribution >= 4 is 17.8 Å². The number of benzene rings is 2. The van der Waals surface area contributed by atoms with Crippen molar-refractivity contribution in [2.45, 2.75) is 0 Å². The number of amides is 1. The van der Waals surface area contributed by atoms with Gasteiger partial charge in [0.15, 0.2) is 11.5 Å². The molecule has 0 unspecified atom stereocenters. The standard InChI is InChI=1S/C16H15N3O5/c1-23-14-8-4-6-12(15(14)24-2)10-17-18-16(20)11-5-3-7-13(9-11)19(21)22/h3-10H,1-2H3,(H,18,20)/b17-10+. The number of nitro benzene ring substituents is 1. The summed E-state index contributed by atoms with van der Waals surface area (Å²) < 4.78 is 10.4. The van der Waals surface area contributed by atoms with Gasteiger partial charge in [-0.05, 0) is 18.2 Å². The van der Waals surface area contributed by atoms with Crippen LogP contribution in [0.25, 0.3) is 0 Å². The molecule has 8 heteroatoms. The fraction of sp³-hybridized carbons (Fsp3) is 0.125. The maximum Gasteiger partial charge on any atom is 0.271 e. The smallest absolute Gasteiger partial charge is 0.271 e. The summed E-state index contributed by atoms with van der Waals surface area (Å²) in [4.78, 5) is 22.1. The highest BCUT2D eigenvalue weighted by atomic mass is 16.6. The first kappa shape index (κ1) is 16.9. The first-order valence-corrected chi connectivity index (χ1v) is 6.85. The van der Waals surface area contributed by atoms with Gasteiger partial charge in [-0.2, -0.15) is 5.10 Å². The van der Waals surface area contributed by atoms with Crippen molar-refractivity contribution in [2.75, 3.05) is 14.2 Å². The molecule has 2 aromatic carbocycles. The van der Waals surface area contributed by atoms with E-state index in [0.29, 0.717) is 17.1 Å². The predicted octanol–water partition coefficient (Wildman–Crippen LogP) is 2.38. The van der Waals surface area contributed by atoms with Crippen LogP contribution in [0.5, 0.6) is 11.5 Å². The van der Waals surface area contributed by atoms with Gasteiger partial charge in [0.2, 0.25) is 0 Å². The molecule has 24 heavy (non-hydrogen) atoms. The fourth-order valence-corrected chi connectivity index (χ4v) is 2.00. The van der Waals surface area contributed by atoms with Crippen molar-refractivity contribution in [2.24, 2.45) is 5.10 Å². The number of nitrogens with one attached hydrogen (secondary N) is 1. The lowest BCUT2D eigenvalue weighted by Gasteiger charge is -2.09. The van der Waals surface area contributed by atoms with E-state index >= 15 is 0 Å². The largest absolute Gasteiger partial charge is 0.493 e.